The molecule has 30 heavy (non-hydrogen) atoms. The van der Waals surface area contributed by atoms with E-state index in [1.807, 2.05) is 12.1 Å². The van der Waals surface area contributed by atoms with Crippen LogP contribution in [0.4, 0.5) is 6.01 Å². The Morgan fingerprint density at radius 1 is 1.13 bits per heavy atom. The summed E-state index contributed by atoms with van der Waals surface area (Å²) in [5, 5.41) is 7.28. The number of anilines is 1. The first kappa shape index (κ1) is 20.8. The maximum atomic E-state index is 12.5. The van der Waals surface area contributed by atoms with Crippen molar-refractivity contribution in [2.24, 2.45) is 5.92 Å². The van der Waals surface area contributed by atoms with Crippen LogP contribution < -0.4 is 10.2 Å². The van der Waals surface area contributed by atoms with Gasteiger partial charge in [-0.15, -0.1) is 0 Å². The molecule has 0 saturated carbocycles. The maximum absolute atomic E-state index is 12.5. The first-order valence-corrected chi connectivity index (χ1v) is 11.3. The lowest BCUT2D eigenvalue weighted by atomic mass is 9.96. The molecule has 0 aliphatic carbocycles. The normalized spacial score (nSPS) is 18.3. The predicted octanol–water partition coefficient (Wildman–Crippen LogP) is 3.29. The van der Waals surface area contributed by atoms with Crippen molar-refractivity contribution in [1.29, 1.82) is 0 Å². The van der Waals surface area contributed by atoms with Gasteiger partial charge in [0.2, 0.25) is 11.7 Å². The highest BCUT2D eigenvalue weighted by molar-refractivity contribution is 5.78. The van der Waals surface area contributed by atoms with Gasteiger partial charge >= 0.3 is 6.01 Å². The summed E-state index contributed by atoms with van der Waals surface area (Å²) >= 11 is 0. The highest BCUT2D eigenvalue weighted by atomic mass is 16.5. The number of carbonyl (C=O) groups is 1. The Balaban J connectivity index is 1.25. The SMILES string of the molecule is CC(C)c1ccc(-c2noc(N3CCC(C(=O)NCCN4CCCC4)CC3)n2)cc1. The first-order valence-electron chi connectivity index (χ1n) is 11.3. The average molecular weight is 412 g/mol. The standard InChI is InChI=1S/C23H33N5O2/c1-17(2)18-5-7-19(8-6-18)21-25-23(30-26-21)28-14-9-20(10-15-28)22(29)24-11-16-27-12-3-4-13-27/h5-8,17,20H,3-4,9-16H2,1-2H3,(H,24,29). The van der Waals surface area contributed by atoms with Gasteiger partial charge in [0.1, 0.15) is 0 Å². The second-order valence-electron chi connectivity index (χ2n) is 8.78. The Hall–Kier alpha value is -2.41. The van der Waals surface area contributed by atoms with Crippen LogP contribution in [-0.2, 0) is 4.79 Å². The van der Waals surface area contributed by atoms with Gasteiger partial charge < -0.3 is 19.6 Å². The van der Waals surface area contributed by atoms with Crippen LogP contribution in [0, 0.1) is 5.92 Å². The van der Waals surface area contributed by atoms with E-state index in [9.17, 15) is 4.79 Å². The molecule has 0 radical (unpaired) electrons. The summed E-state index contributed by atoms with van der Waals surface area (Å²) in [7, 11) is 0. The lowest BCUT2D eigenvalue weighted by Crippen LogP contribution is -2.42. The van der Waals surface area contributed by atoms with E-state index in [4.69, 9.17) is 4.52 Å². The number of hydrogen-bond acceptors (Lipinski definition) is 6. The monoisotopic (exact) mass is 411 g/mol. The Morgan fingerprint density at radius 2 is 1.83 bits per heavy atom. The molecule has 7 nitrogen and oxygen atoms in total. The van der Waals surface area contributed by atoms with Crippen molar-refractivity contribution in [1.82, 2.24) is 20.4 Å². The van der Waals surface area contributed by atoms with Crippen LogP contribution in [0.2, 0.25) is 0 Å². The Bertz CT molecular complexity index is 818. The molecule has 3 heterocycles. The van der Waals surface area contributed by atoms with Crippen molar-refractivity contribution < 1.29 is 9.32 Å². The summed E-state index contributed by atoms with van der Waals surface area (Å²) < 4.78 is 5.51. The predicted molar refractivity (Wildman–Crippen MR) is 117 cm³/mol. The molecule has 0 atom stereocenters. The second kappa shape index (κ2) is 9.60. The fourth-order valence-corrected chi connectivity index (χ4v) is 4.30. The molecular formula is C23H33N5O2. The van der Waals surface area contributed by atoms with Crippen molar-refractivity contribution in [2.45, 2.75) is 45.4 Å². The molecule has 2 aliphatic rings. The number of aromatic nitrogens is 2. The van der Waals surface area contributed by atoms with E-state index >= 15 is 0 Å². The molecule has 1 aromatic heterocycles. The number of nitrogens with one attached hydrogen (secondary N) is 1. The first-order chi connectivity index (χ1) is 14.6. The third kappa shape index (κ3) is 5.01. The third-order valence-electron chi connectivity index (χ3n) is 6.31. The van der Waals surface area contributed by atoms with E-state index in [0.29, 0.717) is 17.8 Å². The van der Waals surface area contributed by atoms with E-state index in [1.54, 1.807) is 0 Å². The molecule has 7 heteroatoms. The van der Waals surface area contributed by atoms with Crippen LogP contribution in [0.25, 0.3) is 11.4 Å². The number of amides is 1. The topological polar surface area (TPSA) is 74.5 Å². The maximum Gasteiger partial charge on any atom is 0.324 e. The van der Waals surface area contributed by atoms with Crippen molar-refractivity contribution in [2.75, 3.05) is 44.2 Å². The van der Waals surface area contributed by atoms with Crippen LogP contribution in [0.1, 0.15) is 51.0 Å². The smallest absolute Gasteiger partial charge is 0.324 e. The Labute approximate surface area is 178 Å². The molecule has 1 N–H and O–H groups in total. The minimum absolute atomic E-state index is 0.0748. The van der Waals surface area contributed by atoms with E-state index < -0.39 is 0 Å². The Morgan fingerprint density at radius 3 is 2.50 bits per heavy atom. The summed E-state index contributed by atoms with van der Waals surface area (Å²) in [6.07, 6.45) is 4.20. The largest absolute Gasteiger partial charge is 0.355 e. The lowest BCUT2D eigenvalue weighted by molar-refractivity contribution is -0.125. The van der Waals surface area contributed by atoms with Crippen LogP contribution in [0.15, 0.2) is 28.8 Å². The van der Waals surface area contributed by atoms with E-state index in [2.05, 4.69) is 51.2 Å². The summed E-state index contributed by atoms with van der Waals surface area (Å²) in [5.41, 5.74) is 2.25. The summed E-state index contributed by atoms with van der Waals surface area (Å²) in [4.78, 5) is 21.6. The minimum Gasteiger partial charge on any atom is -0.355 e. The number of carbonyl (C=O) groups excluding carboxylic acids is 1. The number of likely N-dealkylation sites (tertiary alicyclic amines) is 1. The molecule has 2 fully saturated rings. The van der Waals surface area contributed by atoms with Gasteiger partial charge in [0.15, 0.2) is 0 Å². The van der Waals surface area contributed by atoms with Crippen LogP contribution in [0.5, 0.6) is 0 Å². The number of piperidine rings is 1. The summed E-state index contributed by atoms with van der Waals surface area (Å²) in [6.45, 7) is 9.94. The summed E-state index contributed by atoms with van der Waals surface area (Å²) in [6, 6.07) is 8.87. The second-order valence-corrected chi connectivity index (χ2v) is 8.78. The van der Waals surface area contributed by atoms with Gasteiger partial charge in [-0.2, -0.15) is 4.98 Å². The van der Waals surface area contributed by atoms with Gasteiger partial charge in [-0.1, -0.05) is 43.3 Å². The average Bonchev–Trinajstić information content (AvgIpc) is 3.46. The zero-order valence-electron chi connectivity index (χ0n) is 18.1. The van der Waals surface area contributed by atoms with Gasteiger partial charge in [0, 0.05) is 37.7 Å². The third-order valence-corrected chi connectivity index (χ3v) is 6.31. The molecule has 1 aromatic carbocycles. The van der Waals surface area contributed by atoms with Gasteiger partial charge in [-0.3, -0.25) is 4.79 Å². The highest BCUT2D eigenvalue weighted by Crippen LogP contribution is 2.26. The minimum atomic E-state index is 0.0748. The lowest BCUT2D eigenvalue weighted by Gasteiger charge is -2.29. The Kier molecular flexibility index (Phi) is 6.67. The number of benzene rings is 1. The number of nitrogens with zero attached hydrogens (tertiary/aromatic N) is 4. The highest BCUT2D eigenvalue weighted by Gasteiger charge is 2.27. The quantitative estimate of drug-likeness (QED) is 0.754. The van der Waals surface area contributed by atoms with Crippen LogP contribution in [-0.4, -0.2) is 60.2 Å². The number of hydrogen-bond donors (Lipinski definition) is 1. The van der Waals surface area contributed by atoms with Crippen LogP contribution >= 0.6 is 0 Å². The van der Waals surface area contributed by atoms with Crippen LogP contribution in [0.3, 0.4) is 0 Å². The molecule has 2 aliphatic heterocycles. The molecule has 0 spiro atoms. The van der Waals surface area contributed by atoms with Gasteiger partial charge in [-0.25, -0.2) is 0 Å². The fraction of sp³-hybridized carbons (Fsp3) is 0.609. The number of rotatable bonds is 7. The molecule has 4 rings (SSSR count). The van der Waals surface area contributed by atoms with E-state index in [1.165, 1.54) is 31.5 Å². The fourth-order valence-electron chi connectivity index (χ4n) is 4.30. The van der Waals surface area contributed by atoms with Crippen molar-refractivity contribution >= 4 is 11.9 Å². The van der Waals surface area contributed by atoms with E-state index in [-0.39, 0.29) is 11.8 Å². The molecule has 2 saturated heterocycles. The van der Waals surface area contributed by atoms with Crippen molar-refractivity contribution in [3.05, 3.63) is 29.8 Å². The van der Waals surface area contributed by atoms with Crippen molar-refractivity contribution in [3.8, 4) is 11.4 Å². The molecule has 0 unspecified atom stereocenters. The van der Waals surface area contributed by atoms with Gasteiger partial charge in [0.05, 0.1) is 0 Å². The molecular weight excluding hydrogens is 378 g/mol. The van der Waals surface area contributed by atoms with Gasteiger partial charge in [-0.05, 0) is 50.3 Å². The zero-order chi connectivity index (χ0) is 20.9. The van der Waals surface area contributed by atoms with E-state index in [0.717, 1.165) is 44.6 Å². The molecule has 2 aromatic rings. The van der Waals surface area contributed by atoms with Crippen molar-refractivity contribution in [3.63, 3.8) is 0 Å². The molecule has 162 valence electrons. The summed E-state index contributed by atoms with van der Waals surface area (Å²) in [5.74, 6) is 1.37. The zero-order valence-corrected chi connectivity index (χ0v) is 18.1. The van der Waals surface area contributed by atoms with Gasteiger partial charge in [0.25, 0.3) is 0 Å². The molecule has 1 amide bonds. The molecule has 0 bridgehead atoms.